The largest absolute Gasteiger partial charge is 0.461 e. The van der Waals surface area contributed by atoms with Crippen LogP contribution in [0.5, 0.6) is 0 Å². The normalized spacial score (nSPS) is 29.1. The predicted molar refractivity (Wildman–Crippen MR) is 202 cm³/mol. The first kappa shape index (κ1) is 56.4. The van der Waals surface area contributed by atoms with Crippen LogP contribution in [0, 0.1) is 5.92 Å². The van der Waals surface area contributed by atoms with Crippen LogP contribution in [0.15, 0.2) is 0 Å². The average Bonchev–Trinajstić information content (AvgIpc) is 3.21. The van der Waals surface area contributed by atoms with E-state index in [-0.39, 0.29) is 0 Å². The molecule has 0 aromatic rings. The van der Waals surface area contributed by atoms with Crippen molar-refractivity contribution in [3.8, 4) is 0 Å². The zero-order valence-electron chi connectivity index (χ0n) is 36.6. The van der Waals surface area contributed by atoms with Gasteiger partial charge in [-0.05, 0) is 55.4 Å². The zero-order chi connectivity index (χ0) is 49.6. The summed E-state index contributed by atoms with van der Waals surface area (Å²) in [4.78, 5) is 102. The molecule has 18 atom stereocenters. The van der Waals surface area contributed by atoms with E-state index in [9.17, 15) is 79.2 Å². The minimum Gasteiger partial charge on any atom is -0.461 e. The maximum Gasteiger partial charge on any atom is 0.337 e. The molecule has 372 valence electrons. The number of carbonyl (C=O) groups is 8. The molecule has 8 N–H and O–H groups in total. The summed E-state index contributed by atoms with van der Waals surface area (Å²) >= 11 is 0. The lowest BCUT2D eigenvalue weighted by molar-refractivity contribution is -0.299. The van der Waals surface area contributed by atoms with Gasteiger partial charge in [-0.2, -0.15) is 0 Å². The minimum absolute atomic E-state index is 0.828. The first-order valence-electron chi connectivity index (χ1n) is 20.1. The number of rotatable bonds is 22. The van der Waals surface area contributed by atoms with Gasteiger partial charge in [-0.25, -0.2) is 38.4 Å². The third-order valence-electron chi connectivity index (χ3n) is 9.13. The van der Waals surface area contributed by atoms with Gasteiger partial charge in [0.05, 0.1) is 19.1 Å². The monoisotopic (exact) mass is 946 g/mol. The molecule has 0 amide bonds. The van der Waals surface area contributed by atoms with E-state index in [0.29, 0.717) is 0 Å². The second-order valence-electron chi connectivity index (χ2n) is 15.1. The first-order chi connectivity index (χ1) is 30.2. The van der Waals surface area contributed by atoms with E-state index >= 15 is 0 Å². The molecule has 0 bridgehead atoms. The van der Waals surface area contributed by atoms with E-state index in [2.05, 4.69) is 0 Å². The van der Waals surface area contributed by atoms with Crippen molar-refractivity contribution >= 4 is 47.8 Å². The van der Waals surface area contributed by atoms with E-state index in [1.54, 1.807) is 0 Å². The molecule has 2 fully saturated rings. The molecule has 2 heterocycles. The number of hydrogen-bond acceptors (Lipinski definition) is 27. The van der Waals surface area contributed by atoms with Gasteiger partial charge in [-0.3, -0.25) is 0 Å². The minimum atomic E-state index is -2.13. The Bertz CT molecular complexity index is 1620. The van der Waals surface area contributed by atoms with Crippen molar-refractivity contribution in [3.05, 3.63) is 0 Å². The van der Waals surface area contributed by atoms with E-state index in [0.717, 1.165) is 55.4 Å². The topological polar surface area (TPSA) is 400 Å². The summed E-state index contributed by atoms with van der Waals surface area (Å²) in [5.74, 6) is -12.4. The summed E-state index contributed by atoms with van der Waals surface area (Å²) in [7, 11) is 0. The van der Waals surface area contributed by atoms with E-state index in [1.807, 2.05) is 0 Å². The van der Waals surface area contributed by atoms with Crippen molar-refractivity contribution in [1.29, 1.82) is 0 Å². The molecule has 0 aromatic carbocycles. The second-order valence-corrected chi connectivity index (χ2v) is 15.1. The van der Waals surface area contributed by atoms with Crippen LogP contribution in [-0.4, -0.2) is 219 Å². The van der Waals surface area contributed by atoms with Crippen LogP contribution in [-0.2, 0) is 90.5 Å². The van der Waals surface area contributed by atoms with E-state index in [4.69, 9.17) is 52.1 Å². The maximum absolute atomic E-state index is 13.0. The number of aliphatic hydroxyl groups is 8. The molecule has 2 aliphatic heterocycles. The molecule has 0 saturated carbocycles. The van der Waals surface area contributed by atoms with Crippen molar-refractivity contribution in [2.75, 3.05) is 26.4 Å². The average molecular weight is 947 g/mol. The number of ether oxygens (including phenoxy) is 11. The van der Waals surface area contributed by atoms with Crippen LogP contribution >= 0.6 is 0 Å². The van der Waals surface area contributed by atoms with Gasteiger partial charge >= 0.3 is 47.8 Å². The van der Waals surface area contributed by atoms with Crippen LogP contribution in [0.4, 0.5) is 0 Å². The van der Waals surface area contributed by atoms with Crippen LogP contribution in [0.1, 0.15) is 55.4 Å². The highest BCUT2D eigenvalue weighted by Crippen LogP contribution is 2.35. The van der Waals surface area contributed by atoms with Gasteiger partial charge in [0.2, 0.25) is 12.4 Å². The Morgan fingerprint density at radius 1 is 0.354 bits per heavy atom. The highest BCUT2D eigenvalue weighted by Gasteiger charge is 2.56. The highest BCUT2D eigenvalue weighted by molar-refractivity contribution is 5.77. The Morgan fingerprint density at radius 3 is 1.05 bits per heavy atom. The number of hydrogen-bond donors (Lipinski definition) is 8. The third kappa shape index (κ3) is 16.9. The fourth-order valence-electron chi connectivity index (χ4n) is 5.64. The lowest BCUT2D eigenvalue weighted by Gasteiger charge is -2.46. The van der Waals surface area contributed by atoms with E-state index < -0.39 is 184 Å². The summed E-state index contributed by atoms with van der Waals surface area (Å²) < 4.78 is 60.3. The highest BCUT2D eigenvalue weighted by atomic mass is 16.7. The fourth-order valence-corrected chi connectivity index (χ4v) is 5.64. The van der Waals surface area contributed by atoms with Crippen molar-refractivity contribution in [3.63, 3.8) is 0 Å². The smallest absolute Gasteiger partial charge is 0.337 e. The second kappa shape index (κ2) is 25.9. The quantitative estimate of drug-likeness (QED) is 0.0370. The van der Waals surface area contributed by atoms with Gasteiger partial charge < -0.3 is 93.0 Å². The summed E-state index contributed by atoms with van der Waals surface area (Å²) in [6.07, 6.45) is -31.9. The van der Waals surface area contributed by atoms with Gasteiger partial charge in [0.25, 0.3) is 0 Å². The Labute approximate surface area is 370 Å². The molecule has 27 nitrogen and oxygen atoms in total. The standard InChI is InChI=1S/C38H58O27/c1-13(39)30(47)56-11-22-21(25(60-32(49)15(3)41)29(64-36(53)19(7)45)38(59-22)65-37(54)20(8)46)9-55-10-23-26(61-33(50)16(4)42)28(63-35(52)18(6)44)27(62-34(51)17(5)43)24(58-23)12-57-31(48)14(2)40/h13-29,38-46H,9-12H2,1-8H3. The van der Waals surface area contributed by atoms with E-state index in [1.165, 1.54) is 0 Å². The molecule has 0 radical (unpaired) electrons. The molecule has 0 spiro atoms. The molecule has 0 aliphatic carbocycles. The molecule has 27 heteroatoms. The molecular weight excluding hydrogens is 888 g/mol. The number of carbonyl (C=O) groups excluding carboxylic acids is 8. The Morgan fingerprint density at radius 2 is 0.662 bits per heavy atom. The Kier molecular flexibility index (Phi) is 22.5. The van der Waals surface area contributed by atoms with Gasteiger partial charge in [-0.1, -0.05) is 0 Å². The Hall–Kier alpha value is -4.68. The lowest BCUT2D eigenvalue weighted by Crippen LogP contribution is -2.64. The zero-order valence-corrected chi connectivity index (χ0v) is 36.6. The van der Waals surface area contributed by atoms with Crippen molar-refractivity contribution < 1.29 is 131 Å². The van der Waals surface area contributed by atoms with Crippen molar-refractivity contribution in [2.45, 2.75) is 159 Å². The summed E-state index contributed by atoms with van der Waals surface area (Å²) in [6, 6.07) is 0. The van der Waals surface area contributed by atoms with Crippen molar-refractivity contribution in [2.24, 2.45) is 5.92 Å². The van der Waals surface area contributed by atoms with Crippen LogP contribution in [0.3, 0.4) is 0 Å². The molecule has 2 aliphatic rings. The molecule has 2 rings (SSSR count). The molecule has 18 unspecified atom stereocenters. The summed E-state index contributed by atoms with van der Waals surface area (Å²) in [6.45, 7) is 4.48. The summed E-state index contributed by atoms with van der Waals surface area (Å²) in [5, 5.41) is 79.6. The molecule has 2 saturated heterocycles. The van der Waals surface area contributed by atoms with Crippen LogP contribution in [0.2, 0.25) is 0 Å². The maximum atomic E-state index is 13.0. The first-order valence-corrected chi connectivity index (χ1v) is 20.1. The van der Waals surface area contributed by atoms with Gasteiger partial charge in [-0.15, -0.1) is 0 Å². The van der Waals surface area contributed by atoms with Gasteiger partial charge in [0.15, 0.2) is 24.4 Å². The van der Waals surface area contributed by atoms with Crippen LogP contribution in [0.25, 0.3) is 0 Å². The van der Waals surface area contributed by atoms with Crippen molar-refractivity contribution in [1.82, 2.24) is 0 Å². The van der Waals surface area contributed by atoms with Gasteiger partial charge in [0.1, 0.15) is 80.4 Å². The van der Waals surface area contributed by atoms with Crippen LogP contribution < -0.4 is 0 Å². The van der Waals surface area contributed by atoms with Gasteiger partial charge in [0, 0.05) is 0 Å². The molecule has 0 aromatic heterocycles. The molecular formula is C38H58O27. The number of esters is 8. The SMILES string of the molecule is CC(O)C(=O)OCC1OC(OC(=O)C(C)O)C(OC(=O)C(C)O)C(OC(=O)C(C)O)C1COCC1OC(COC(=O)C(C)O)C(OC(=O)C(C)O)C(OC(=O)C(C)O)C1OC(=O)C(C)O. The molecule has 65 heavy (non-hydrogen) atoms. The predicted octanol–water partition coefficient (Wildman–Crippen LogP) is -5.65. The Balaban J connectivity index is 2.80. The number of aliphatic hydroxyl groups excluding tert-OH is 8. The third-order valence-corrected chi connectivity index (χ3v) is 9.13. The fraction of sp³-hybridized carbons (Fsp3) is 0.789. The lowest BCUT2D eigenvalue weighted by atomic mass is 9.89. The summed E-state index contributed by atoms with van der Waals surface area (Å²) in [5.41, 5.74) is 0.